The van der Waals surface area contributed by atoms with E-state index in [0.717, 1.165) is 30.9 Å². The van der Waals surface area contributed by atoms with Gasteiger partial charge in [-0.25, -0.2) is 4.68 Å². The van der Waals surface area contributed by atoms with Crippen molar-refractivity contribution in [2.45, 2.75) is 41.2 Å². The Balaban J connectivity index is 2.34. The van der Waals surface area contributed by atoms with E-state index >= 15 is 0 Å². The van der Waals surface area contributed by atoms with Crippen LogP contribution in [0.15, 0.2) is 29.1 Å². The molecule has 4 nitrogen and oxygen atoms in total. The van der Waals surface area contributed by atoms with Crippen LogP contribution in [0, 0.1) is 20.8 Å². The summed E-state index contributed by atoms with van der Waals surface area (Å²) in [7, 11) is 0. The molecule has 23 heavy (non-hydrogen) atoms. The van der Waals surface area contributed by atoms with Gasteiger partial charge in [-0.05, 0) is 63.4 Å². The summed E-state index contributed by atoms with van der Waals surface area (Å²) in [4.78, 5) is 13.6. The number of aromatic nitrogens is 2. The van der Waals surface area contributed by atoms with Crippen LogP contribution in [0.4, 0.5) is 0 Å². The highest BCUT2D eigenvalue weighted by Crippen LogP contribution is 2.24. The number of hydrogen-bond donors (Lipinski definition) is 1. The molecule has 0 aliphatic rings. The van der Waals surface area contributed by atoms with Crippen LogP contribution in [0.5, 0.6) is 0 Å². The molecule has 1 heterocycles. The van der Waals surface area contributed by atoms with E-state index < -0.39 is 0 Å². The zero-order valence-electron chi connectivity index (χ0n) is 14.9. The minimum atomic E-state index is -0.0261. The first-order chi connectivity index (χ1) is 11.0. The summed E-state index contributed by atoms with van der Waals surface area (Å²) in [6.07, 6.45) is 0. The van der Waals surface area contributed by atoms with Crippen molar-refractivity contribution in [2.75, 3.05) is 19.6 Å². The molecule has 2 aromatic rings. The highest BCUT2D eigenvalue weighted by molar-refractivity contribution is 5.64. The van der Waals surface area contributed by atoms with Gasteiger partial charge in [0.2, 0.25) is 0 Å². The third-order valence-corrected chi connectivity index (χ3v) is 4.66. The highest BCUT2D eigenvalue weighted by atomic mass is 16.1. The van der Waals surface area contributed by atoms with Gasteiger partial charge in [0.05, 0.1) is 31.9 Å². The molecule has 0 bridgehead atoms. The number of rotatable bonds is 6. The minimum Gasteiger partial charge on any atom is -0.334 e. The number of nitrogens with zero attached hydrogens (tertiary/aromatic N) is 2. The van der Waals surface area contributed by atoms with Crippen LogP contribution in [0.1, 0.15) is 30.5 Å². The van der Waals surface area contributed by atoms with Crippen LogP contribution < -0.4 is 10.5 Å². The van der Waals surface area contributed by atoms with E-state index in [1.807, 2.05) is 6.07 Å². The first kappa shape index (κ1) is 17.4. The van der Waals surface area contributed by atoms with E-state index in [1.54, 1.807) is 10.7 Å². The maximum atomic E-state index is 12.1. The quantitative estimate of drug-likeness (QED) is 0.882. The van der Waals surface area contributed by atoms with Gasteiger partial charge in [-0.2, -0.15) is 5.10 Å². The molecule has 0 aliphatic carbocycles. The lowest BCUT2D eigenvalue weighted by Gasteiger charge is -2.16. The molecule has 1 N–H and O–H groups in total. The molecule has 1 aromatic heterocycles. The molecule has 1 aromatic carbocycles. The molecule has 0 spiro atoms. The van der Waals surface area contributed by atoms with Crippen LogP contribution in [0.3, 0.4) is 0 Å². The average Bonchev–Trinajstić information content (AvgIpc) is 2.53. The Bertz CT molecular complexity index is 730. The molecular formula is C19H28N3O+. The number of benzene rings is 1. The fourth-order valence-electron chi connectivity index (χ4n) is 2.86. The standard InChI is InChI=1S/C19H27N3O/c1-6-21(7-2)10-11-22-19(23)9-8-18(20-22)17-13-15(4)14(3)12-16(17)5/h8-9,12-13H,6-7,10-11H2,1-5H3/p+1. The van der Waals surface area contributed by atoms with Crippen LogP contribution in [-0.4, -0.2) is 29.4 Å². The number of likely N-dealkylation sites (N-methyl/N-ethyl adjacent to an activating group) is 1. The average molecular weight is 314 g/mol. The second-order valence-corrected chi connectivity index (χ2v) is 6.24. The molecule has 2 rings (SSSR count). The third kappa shape index (κ3) is 4.08. The first-order valence-electron chi connectivity index (χ1n) is 8.46. The lowest BCUT2D eigenvalue weighted by atomic mass is 9.99. The van der Waals surface area contributed by atoms with E-state index in [-0.39, 0.29) is 5.56 Å². The van der Waals surface area contributed by atoms with E-state index in [9.17, 15) is 4.79 Å². The molecule has 0 radical (unpaired) electrons. The Labute approximate surface area is 138 Å². The Kier molecular flexibility index (Phi) is 5.72. The van der Waals surface area contributed by atoms with Crippen molar-refractivity contribution in [3.05, 3.63) is 51.3 Å². The zero-order chi connectivity index (χ0) is 17.0. The highest BCUT2D eigenvalue weighted by Gasteiger charge is 2.10. The molecule has 0 atom stereocenters. The summed E-state index contributed by atoms with van der Waals surface area (Å²) in [5.74, 6) is 0. The van der Waals surface area contributed by atoms with E-state index in [4.69, 9.17) is 0 Å². The van der Waals surface area contributed by atoms with Crippen molar-refractivity contribution < 1.29 is 4.90 Å². The van der Waals surface area contributed by atoms with Gasteiger partial charge >= 0.3 is 0 Å². The largest absolute Gasteiger partial charge is 0.334 e. The van der Waals surface area contributed by atoms with E-state index in [1.165, 1.54) is 21.6 Å². The smallest absolute Gasteiger partial charge is 0.266 e. The van der Waals surface area contributed by atoms with Gasteiger partial charge in [-0.1, -0.05) is 6.07 Å². The SMILES string of the molecule is CC[NH+](CC)CCn1nc(-c2cc(C)c(C)cc2C)ccc1=O. The molecule has 0 fully saturated rings. The summed E-state index contributed by atoms with van der Waals surface area (Å²) in [6.45, 7) is 14.4. The van der Waals surface area contributed by atoms with Gasteiger partial charge in [-0.3, -0.25) is 4.79 Å². The van der Waals surface area contributed by atoms with Crippen molar-refractivity contribution in [1.82, 2.24) is 9.78 Å². The number of hydrogen-bond acceptors (Lipinski definition) is 2. The van der Waals surface area contributed by atoms with Gasteiger partial charge in [-0.15, -0.1) is 0 Å². The summed E-state index contributed by atoms with van der Waals surface area (Å²) < 4.78 is 1.61. The fourth-order valence-corrected chi connectivity index (χ4v) is 2.86. The van der Waals surface area contributed by atoms with E-state index in [0.29, 0.717) is 6.54 Å². The van der Waals surface area contributed by atoms with Crippen molar-refractivity contribution in [3.8, 4) is 11.3 Å². The Hall–Kier alpha value is -1.94. The summed E-state index contributed by atoms with van der Waals surface area (Å²) >= 11 is 0. The van der Waals surface area contributed by atoms with Crippen LogP contribution in [-0.2, 0) is 6.54 Å². The zero-order valence-corrected chi connectivity index (χ0v) is 14.9. The topological polar surface area (TPSA) is 39.3 Å². The van der Waals surface area contributed by atoms with Gasteiger partial charge in [0.15, 0.2) is 0 Å². The maximum Gasteiger partial charge on any atom is 0.266 e. The molecule has 4 heteroatoms. The molecule has 124 valence electrons. The fraction of sp³-hybridized carbons (Fsp3) is 0.474. The predicted molar refractivity (Wildman–Crippen MR) is 95.1 cm³/mol. The number of aryl methyl sites for hydroxylation is 3. The molecule has 0 unspecified atom stereocenters. The first-order valence-corrected chi connectivity index (χ1v) is 8.46. The molecule has 0 aliphatic heterocycles. The van der Waals surface area contributed by atoms with Crippen molar-refractivity contribution in [2.24, 2.45) is 0 Å². The van der Waals surface area contributed by atoms with E-state index in [2.05, 4.69) is 51.9 Å². The number of nitrogens with one attached hydrogen (secondary N) is 1. The maximum absolute atomic E-state index is 12.1. The van der Waals surface area contributed by atoms with Crippen LogP contribution in [0.25, 0.3) is 11.3 Å². The van der Waals surface area contributed by atoms with Gasteiger partial charge < -0.3 is 4.90 Å². The van der Waals surface area contributed by atoms with Crippen LogP contribution in [0.2, 0.25) is 0 Å². The van der Waals surface area contributed by atoms with Gasteiger partial charge in [0.25, 0.3) is 5.56 Å². The lowest BCUT2D eigenvalue weighted by Crippen LogP contribution is -3.11. The summed E-state index contributed by atoms with van der Waals surface area (Å²) in [5.41, 5.74) is 5.68. The minimum absolute atomic E-state index is 0.0261. The molecule has 0 amide bonds. The summed E-state index contributed by atoms with van der Waals surface area (Å²) in [6, 6.07) is 7.81. The molecule has 0 saturated carbocycles. The van der Waals surface area contributed by atoms with Crippen LogP contribution >= 0.6 is 0 Å². The van der Waals surface area contributed by atoms with Crippen molar-refractivity contribution in [1.29, 1.82) is 0 Å². The summed E-state index contributed by atoms with van der Waals surface area (Å²) in [5, 5.41) is 4.61. The molecular weight excluding hydrogens is 286 g/mol. The molecule has 0 saturated heterocycles. The van der Waals surface area contributed by atoms with Crippen molar-refractivity contribution >= 4 is 0 Å². The Morgan fingerprint density at radius 3 is 2.30 bits per heavy atom. The van der Waals surface area contributed by atoms with Gasteiger partial charge in [0, 0.05) is 11.6 Å². The Morgan fingerprint density at radius 2 is 1.65 bits per heavy atom. The Morgan fingerprint density at radius 1 is 1.00 bits per heavy atom. The lowest BCUT2D eigenvalue weighted by molar-refractivity contribution is -0.897. The second kappa shape index (κ2) is 7.55. The third-order valence-electron chi connectivity index (χ3n) is 4.66. The number of quaternary nitrogens is 1. The van der Waals surface area contributed by atoms with Gasteiger partial charge in [0.1, 0.15) is 0 Å². The normalized spacial score (nSPS) is 11.2. The van der Waals surface area contributed by atoms with Crippen molar-refractivity contribution in [3.63, 3.8) is 0 Å². The monoisotopic (exact) mass is 314 g/mol. The second-order valence-electron chi connectivity index (χ2n) is 6.24. The predicted octanol–water partition coefficient (Wildman–Crippen LogP) is 1.76.